The highest BCUT2D eigenvalue weighted by Crippen LogP contribution is 2.69. The number of aliphatic hydroxyl groups excluding tert-OH is 1. The lowest BCUT2D eigenvalue weighted by Gasteiger charge is -2.63. The molecule has 0 aromatic carbocycles. The molecule has 5 aliphatic rings. The van der Waals surface area contributed by atoms with Crippen LogP contribution in [0.15, 0.2) is 4.99 Å². The maximum Gasteiger partial charge on any atom is 0.217 e. The monoisotopic (exact) mass is 445 g/mol. The molecular formula is C28H47NO3. The van der Waals surface area contributed by atoms with E-state index < -0.39 is 5.60 Å². The van der Waals surface area contributed by atoms with E-state index in [1.807, 2.05) is 0 Å². The van der Waals surface area contributed by atoms with E-state index in [2.05, 4.69) is 41.5 Å². The van der Waals surface area contributed by atoms with E-state index in [0.29, 0.717) is 48.0 Å². The van der Waals surface area contributed by atoms with Crippen LogP contribution in [0.4, 0.5) is 0 Å². The van der Waals surface area contributed by atoms with E-state index in [4.69, 9.17) is 9.73 Å². The summed E-state index contributed by atoms with van der Waals surface area (Å²) in [4.78, 5) is 4.74. The van der Waals surface area contributed by atoms with E-state index in [9.17, 15) is 10.2 Å². The third kappa shape index (κ3) is 3.25. The zero-order valence-electron chi connectivity index (χ0n) is 21.4. The Labute approximate surface area is 195 Å². The van der Waals surface area contributed by atoms with Crippen LogP contribution in [0.25, 0.3) is 0 Å². The van der Waals surface area contributed by atoms with Gasteiger partial charge in [0, 0.05) is 0 Å². The van der Waals surface area contributed by atoms with Gasteiger partial charge >= 0.3 is 0 Å². The Kier molecular flexibility index (Phi) is 5.38. The van der Waals surface area contributed by atoms with Gasteiger partial charge in [-0.2, -0.15) is 0 Å². The van der Waals surface area contributed by atoms with Crippen molar-refractivity contribution in [2.45, 2.75) is 117 Å². The van der Waals surface area contributed by atoms with Crippen molar-refractivity contribution in [2.24, 2.45) is 51.3 Å². The Bertz CT molecular complexity index is 779. The number of nitrogens with zero attached hydrogens (tertiary/aromatic N) is 1. The van der Waals surface area contributed by atoms with Crippen molar-refractivity contribution in [3.8, 4) is 0 Å². The van der Waals surface area contributed by atoms with Crippen molar-refractivity contribution >= 4 is 5.90 Å². The zero-order chi connectivity index (χ0) is 23.1. The quantitative estimate of drug-likeness (QED) is 0.594. The van der Waals surface area contributed by atoms with Crippen molar-refractivity contribution in [1.82, 2.24) is 0 Å². The highest BCUT2D eigenvalue weighted by atomic mass is 16.5. The number of rotatable bonds is 3. The van der Waals surface area contributed by atoms with Crippen molar-refractivity contribution in [2.75, 3.05) is 6.61 Å². The molecule has 10 atom stereocenters. The number of aliphatic imine (C=N–C) groups is 1. The number of fused-ring (bicyclic) bond motifs is 5. The standard InChI is InChI=1S/C28H47NO3/c1-7-17(2)19-8-9-20-23-21(10-11-27(19,20)6)26(5)12-13-28(31,15-18(26)14-22(23)30)24-29-25(3,4)16-32-24/h17-23,30-31H,7-16H2,1-6H3/t17-,18-,19-,20?,21?,22+,23?,26+,27-,28-/m1/s1. The Hall–Kier alpha value is -0.610. The van der Waals surface area contributed by atoms with Gasteiger partial charge in [-0.1, -0.05) is 34.1 Å². The van der Waals surface area contributed by atoms with Gasteiger partial charge in [-0.3, -0.25) is 0 Å². The second kappa shape index (κ2) is 7.44. The first kappa shape index (κ1) is 23.1. The minimum absolute atomic E-state index is 0.209. The van der Waals surface area contributed by atoms with Crippen LogP contribution < -0.4 is 0 Å². The smallest absolute Gasteiger partial charge is 0.217 e. The number of hydrogen-bond acceptors (Lipinski definition) is 4. The lowest BCUT2D eigenvalue weighted by molar-refractivity contribution is -0.181. The minimum Gasteiger partial charge on any atom is -0.476 e. The number of ether oxygens (including phenoxy) is 1. The Balaban J connectivity index is 1.40. The second-order valence-electron chi connectivity index (χ2n) is 13.7. The predicted molar refractivity (Wildman–Crippen MR) is 128 cm³/mol. The van der Waals surface area contributed by atoms with Crippen LogP contribution >= 0.6 is 0 Å². The molecule has 4 saturated carbocycles. The average Bonchev–Trinajstić information content (AvgIpc) is 3.28. The first-order chi connectivity index (χ1) is 14.9. The van der Waals surface area contributed by atoms with Crippen LogP contribution in [0.1, 0.15) is 99.3 Å². The summed E-state index contributed by atoms with van der Waals surface area (Å²) in [6.07, 6.45) is 9.53. The molecule has 32 heavy (non-hydrogen) atoms. The highest BCUT2D eigenvalue weighted by molar-refractivity contribution is 5.86. The van der Waals surface area contributed by atoms with Crippen molar-refractivity contribution in [1.29, 1.82) is 0 Å². The van der Waals surface area contributed by atoms with Crippen molar-refractivity contribution in [3.05, 3.63) is 0 Å². The molecule has 4 nitrogen and oxygen atoms in total. The van der Waals surface area contributed by atoms with Crippen LogP contribution in [-0.2, 0) is 4.74 Å². The molecule has 2 N–H and O–H groups in total. The zero-order valence-corrected chi connectivity index (χ0v) is 21.4. The lowest BCUT2D eigenvalue weighted by Crippen LogP contribution is -2.61. The van der Waals surface area contributed by atoms with E-state index in [1.165, 1.54) is 32.1 Å². The summed E-state index contributed by atoms with van der Waals surface area (Å²) in [5, 5.41) is 23.2. The fourth-order valence-corrected chi connectivity index (χ4v) is 9.49. The molecule has 0 spiro atoms. The lowest BCUT2D eigenvalue weighted by atomic mass is 9.43. The number of aliphatic hydroxyl groups is 2. The molecule has 0 aromatic rings. The minimum atomic E-state index is -0.956. The Morgan fingerprint density at radius 2 is 1.75 bits per heavy atom. The molecule has 0 saturated heterocycles. The third-order valence-corrected chi connectivity index (χ3v) is 11.5. The first-order valence-electron chi connectivity index (χ1n) is 13.6. The van der Waals surface area contributed by atoms with Gasteiger partial charge in [-0.15, -0.1) is 0 Å². The Morgan fingerprint density at radius 3 is 2.41 bits per heavy atom. The highest BCUT2D eigenvalue weighted by Gasteiger charge is 2.64. The molecule has 182 valence electrons. The molecule has 1 heterocycles. The molecule has 1 aliphatic heterocycles. The topological polar surface area (TPSA) is 62.1 Å². The SMILES string of the molecule is CC[C@@H](C)[C@H]1CCC2C3C(CC[C@@]21C)[C@@]1(C)CC[C@](O)(C2=NC(C)(C)CO2)C[C@H]1C[C@@H]3O. The number of hydrogen-bond donors (Lipinski definition) is 2. The third-order valence-electron chi connectivity index (χ3n) is 11.5. The molecule has 3 unspecified atom stereocenters. The van der Waals surface area contributed by atoms with Crippen LogP contribution in [0.3, 0.4) is 0 Å². The average molecular weight is 446 g/mol. The van der Waals surface area contributed by atoms with E-state index in [-0.39, 0.29) is 17.1 Å². The summed E-state index contributed by atoms with van der Waals surface area (Å²) in [5.41, 5.74) is -0.594. The maximum absolute atomic E-state index is 11.6. The van der Waals surface area contributed by atoms with E-state index in [0.717, 1.165) is 31.1 Å². The van der Waals surface area contributed by atoms with E-state index >= 15 is 0 Å². The second-order valence-corrected chi connectivity index (χ2v) is 13.7. The van der Waals surface area contributed by atoms with Crippen molar-refractivity contribution in [3.63, 3.8) is 0 Å². The molecule has 0 aromatic heterocycles. The van der Waals surface area contributed by atoms with Gasteiger partial charge in [0.1, 0.15) is 12.2 Å². The van der Waals surface area contributed by atoms with Crippen LogP contribution in [0.2, 0.25) is 0 Å². The van der Waals surface area contributed by atoms with Gasteiger partial charge in [-0.25, -0.2) is 4.99 Å². The molecular weight excluding hydrogens is 398 g/mol. The molecule has 0 bridgehead atoms. The summed E-state index contributed by atoms with van der Waals surface area (Å²) in [7, 11) is 0. The fraction of sp³-hybridized carbons (Fsp3) is 0.964. The molecule has 5 rings (SSSR count). The predicted octanol–water partition coefficient (Wildman–Crippen LogP) is 5.60. The normalized spacial score (nSPS) is 52.9. The van der Waals surface area contributed by atoms with Crippen LogP contribution in [0.5, 0.6) is 0 Å². The molecule has 0 radical (unpaired) electrons. The van der Waals surface area contributed by atoms with Gasteiger partial charge in [0.05, 0.1) is 11.6 Å². The van der Waals surface area contributed by atoms with Gasteiger partial charge < -0.3 is 14.9 Å². The maximum atomic E-state index is 11.6. The largest absolute Gasteiger partial charge is 0.476 e. The summed E-state index contributed by atoms with van der Waals surface area (Å²) < 4.78 is 5.91. The molecule has 4 fully saturated rings. The van der Waals surface area contributed by atoms with Gasteiger partial charge in [-0.05, 0) is 112 Å². The summed E-state index contributed by atoms with van der Waals surface area (Å²) in [5.74, 6) is 4.18. The van der Waals surface area contributed by atoms with Crippen molar-refractivity contribution < 1.29 is 14.9 Å². The molecule has 4 aliphatic carbocycles. The Morgan fingerprint density at radius 1 is 1.03 bits per heavy atom. The van der Waals surface area contributed by atoms with Crippen LogP contribution in [-0.4, -0.2) is 40.0 Å². The molecule has 0 amide bonds. The molecule has 4 heteroatoms. The van der Waals surface area contributed by atoms with Gasteiger partial charge in [0.25, 0.3) is 0 Å². The first-order valence-corrected chi connectivity index (χ1v) is 13.6. The van der Waals surface area contributed by atoms with Crippen LogP contribution in [0, 0.1) is 46.3 Å². The summed E-state index contributed by atoms with van der Waals surface area (Å²) >= 11 is 0. The summed E-state index contributed by atoms with van der Waals surface area (Å²) in [6, 6.07) is 0. The summed E-state index contributed by atoms with van der Waals surface area (Å²) in [6.45, 7) is 14.5. The van der Waals surface area contributed by atoms with Gasteiger partial charge in [0.15, 0.2) is 0 Å². The van der Waals surface area contributed by atoms with E-state index in [1.54, 1.807) is 0 Å². The fourth-order valence-electron chi connectivity index (χ4n) is 9.49. The van der Waals surface area contributed by atoms with Gasteiger partial charge in [0.2, 0.25) is 5.90 Å².